The van der Waals surface area contributed by atoms with Crippen molar-refractivity contribution in [2.75, 3.05) is 0 Å². The summed E-state index contributed by atoms with van der Waals surface area (Å²) in [5.41, 5.74) is 1.92. The van der Waals surface area contributed by atoms with E-state index >= 15 is 0 Å². The van der Waals surface area contributed by atoms with E-state index in [1.807, 2.05) is 18.2 Å². The molecule has 0 fully saturated rings. The second-order valence-corrected chi connectivity index (χ2v) is 3.96. The largest absolute Gasteiger partial charge is 0.411 e. The minimum absolute atomic E-state index is 0.111. The lowest BCUT2D eigenvalue weighted by Gasteiger charge is -2.01. The van der Waals surface area contributed by atoms with Gasteiger partial charge >= 0.3 is 6.08 Å². The lowest BCUT2D eigenvalue weighted by atomic mass is 10.2. The highest BCUT2D eigenvalue weighted by atomic mass is 19.1. The van der Waals surface area contributed by atoms with Crippen LogP contribution >= 0.6 is 0 Å². The Morgan fingerprint density at radius 2 is 2.00 bits per heavy atom. The van der Waals surface area contributed by atoms with Crippen LogP contribution in [0.25, 0.3) is 11.1 Å². The first-order valence-electron chi connectivity index (χ1n) is 5.52. The molecule has 1 heterocycles. The van der Waals surface area contributed by atoms with Crippen molar-refractivity contribution in [2.45, 2.75) is 6.92 Å². The Hall–Kier alpha value is -2.36. The predicted molar refractivity (Wildman–Crippen MR) is 65.2 cm³/mol. The van der Waals surface area contributed by atoms with Crippen LogP contribution in [0.3, 0.4) is 0 Å². The van der Waals surface area contributed by atoms with Crippen molar-refractivity contribution in [1.29, 1.82) is 0 Å². The average Bonchev–Trinajstić information content (AvgIpc) is 2.76. The number of hydrogen-bond donors (Lipinski definition) is 0. The van der Waals surface area contributed by atoms with Crippen molar-refractivity contribution in [3.63, 3.8) is 0 Å². The summed E-state index contributed by atoms with van der Waals surface area (Å²) < 4.78 is 24.1. The number of ether oxygens (including phenoxy) is 1. The Balaban J connectivity index is 1.93. The number of aryl methyl sites for hydroxylation is 1. The first kappa shape index (κ1) is 10.8. The average molecular weight is 243 g/mol. The molecule has 90 valence electrons. The predicted octanol–water partition coefficient (Wildman–Crippen LogP) is 4.07. The molecule has 0 aliphatic rings. The highest BCUT2D eigenvalue weighted by Crippen LogP contribution is 2.26. The molecule has 0 aliphatic carbocycles. The molecule has 0 N–H and O–H groups in total. The number of para-hydroxylation sites is 2. The van der Waals surface area contributed by atoms with Crippen LogP contribution < -0.4 is 4.74 Å². The van der Waals surface area contributed by atoms with Crippen LogP contribution in [-0.4, -0.2) is 4.98 Å². The van der Waals surface area contributed by atoms with E-state index in [2.05, 4.69) is 4.98 Å². The van der Waals surface area contributed by atoms with Crippen molar-refractivity contribution in [3.8, 4) is 11.8 Å². The number of aromatic nitrogens is 1. The molecule has 0 amide bonds. The minimum atomic E-state index is -0.316. The van der Waals surface area contributed by atoms with E-state index in [9.17, 15) is 4.39 Å². The van der Waals surface area contributed by atoms with Gasteiger partial charge in [-0.3, -0.25) is 0 Å². The van der Waals surface area contributed by atoms with Crippen LogP contribution in [0, 0.1) is 12.7 Å². The summed E-state index contributed by atoms with van der Waals surface area (Å²) in [5.74, 6) is 0.0493. The van der Waals surface area contributed by atoms with Crippen LogP contribution in [0.4, 0.5) is 4.39 Å². The zero-order valence-corrected chi connectivity index (χ0v) is 9.68. The first-order chi connectivity index (χ1) is 8.72. The van der Waals surface area contributed by atoms with Gasteiger partial charge in [-0.25, -0.2) is 4.39 Å². The number of nitrogens with zero attached hydrogens (tertiary/aromatic N) is 1. The molecule has 0 aliphatic heterocycles. The van der Waals surface area contributed by atoms with Crippen molar-refractivity contribution in [1.82, 2.24) is 4.98 Å². The van der Waals surface area contributed by atoms with Crippen molar-refractivity contribution >= 4 is 11.1 Å². The van der Waals surface area contributed by atoms with Gasteiger partial charge < -0.3 is 9.15 Å². The van der Waals surface area contributed by atoms with Gasteiger partial charge in [0.25, 0.3) is 0 Å². The molecule has 3 aromatic rings. The van der Waals surface area contributed by atoms with Crippen LogP contribution in [0.2, 0.25) is 0 Å². The lowest BCUT2D eigenvalue weighted by Crippen LogP contribution is -1.87. The molecule has 3 rings (SSSR count). The van der Waals surface area contributed by atoms with E-state index in [1.165, 1.54) is 6.07 Å². The maximum absolute atomic E-state index is 13.4. The maximum atomic E-state index is 13.4. The summed E-state index contributed by atoms with van der Waals surface area (Å²) in [5, 5.41) is 0. The van der Waals surface area contributed by atoms with Gasteiger partial charge in [-0.05, 0) is 30.7 Å². The number of rotatable bonds is 2. The quantitative estimate of drug-likeness (QED) is 0.680. The number of oxazole rings is 1. The lowest BCUT2D eigenvalue weighted by molar-refractivity contribution is 0.341. The summed E-state index contributed by atoms with van der Waals surface area (Å²) in [7, 11) is 0. The SMILES string of the molecule is Cc1ccc(Oc2nc3ccccc3o2)cc1F. The summed E-state index contributed by atoms with van der Waals surface area (Å²) in [4.78, 5) is 4.15. The van der Waals surface area contributed by atoms with E-state index in [4.69, 9.17) is 9.15 Å². The number of benzene rings is 2. The normalized spacial score (nSPS) is 10.8. The van der Waals surface area contributed by atoms with E-state index in [0.717, 1.165) is 0 Å². The van der Waals surface area contributed by atoms with Crippen LogP contribution in [0.15, 0.2) is 46.9 Å². The second-order valence-electron chi connectivity index (χ2n) is 3.96. The van der Waals surface area contributed by atoms with Crippen molar-refractivity contribution in [3.05, 3.63) is 53.8 Å². The monoisotopic (exact) mass is 243 g/mol. The fourth-order valence-electron chi connectivity index (χ4n) is 1.63. The Morgan fingerprint density at radius 3 is 2.78 bits per heavy atom. The zero-order chi connectivity index (χ0) is 12.5. The van der Waals surface area contributed by atoms with Gasteiger partial charge in [0.1, 0.15) is 17.1 Å². The fraction of sp³-hybridized carbons (Fsp3) is 0.0714. The maximum Gasteiger partial charge on any atom is 0.400 e. The summed E-state index contributed by atoms with van der Waals surface area (Å²) in [6.45, 7) is 1.69. The molecule has 0 bridgehead atoms. The van der Waals surface area contributed by atoms with Gasteiger partial charge in [0.15, 0.2) is 5.58 Å². The molecule has 3 nitrogen and oxygen atoms in total. The molecule has 4 heteroatoms. The first-order valence-corrected chi connectivity index (χ1v) is 5.52. The van der Waals surface area contributed by atoms with E-state index < -0.39 is 0 Å². The van der Waals surface area contributed by atoms with Crippen LogP contribution in [0.5, 0.6) is 11.8 Å². The topological polar surface area (TPSA) is 35.3 Å². The van der Waals surface area contributed by atoms with E-state index in [-0.39, 0.29) is 11.9 Å². The van der Waals surface area contributed by atoms with Gasteiger partial charge in [0.2, 0.25) is 0 Å². The molecule has 0 spiro atoms. The third-order valence-corrected chi connectivity index (χ3v) is 2.62. The van der Waals surface area contributed by atoms with E-state index in [0.29, 0.717) is 22.4 Å². The molecule has 0 atom stereocenters. The van der Waals surface area contributed by atoms with Gasteiger partial charge in [-0.2, -0.15) is 4.98 Å². The van der Waals surface area contributed by atoms with Crippen molar-refractivity contribution in [2.24, 2.45) is 0 Å². The molecule has 2 aromatic carbocycles. The highest BCUT2D eigenvalue weighted by molar-refractivity contribution is 5.72. The molecule has 1 aromatic heterocycles. The summed E-state index contributed by atoms with van der Waals surface area (Å²) in [6, 6.07) is 12.0. The van der Waals surface area contributed by atoms with Crippen molar-refractivity contribution < 1.29 is 13.5 Å². The van der Waals surface area contributed by atoms with Crippen LogP contribution in [0.1, 0.15) is 5.56 Å². The third-order valence-electron chi connectivity index (χ3n) is 2.62. The smallest absolute Gasteiger partial charge is 0.400 e. The Morgan fingerprint density at radius 1 is 1.17 bits per heavy atom. The molecule has 0 saturated heterocycles. The molecular formula is C14H10FNO2. The Bertz CT molecular complexity index is 673. The van der Waals surface area contributed by atoms with E-state index in [1.54, 1.807) is 25.1 Å². The minimum Gasteiger partial charge on any atom is -0.411 e. The third kappa shape index (κ3) is 1.93. The van der Waals surface area contributed by atoms with Gasteiger partial charge in [-0.15, -0.1) is 0 Å². The zero-order valence-electron chi connectivity index (χ0n) is 9.68. The van der Waals surface area contributed by atoms with Crippen LogP contribution in [-0.2, 0) is 0 Å². The standard InChI is InChI=1S/C14H10FNO2/c1-9-6-7-10(8-11(9)15)17-14-16-12-4-2-3-5-13(12)18-14/h2-8H,1H3. The molecular weight excluding hydrogens is 233 g/mol. The Kier molecular flexibility index (Phi) is 2.48. The fourth-order valence-corrected chi connectivity index (χ4v) is 1.63. The van der Waals surface area contributed by atoms with Gasteiger partial charge in [0.05, 0.1) is 0 Å². The molecule has 0 unspecified atom stereocenters. The van der Waals surface area contributed by atoms with Gasteiger partial charge in [0, 0.05) is 6.07 Å². The molecule has 0 radical (unpaired) electrons. The summed E-state index contributed by atoms with van der Waals surface area (Å²) in [6.07, 6.45) is 0.111. The van der Waals surface area contributed by atoms with Gasteiger partial charge in [-0.1, -0.05) is 18.2 Å². The molecule has 18 heavy (non-hydrogen) atoms. The number of halogens is 1. The Labute approximate surface area is 103 Å². The molecule has 0 saturated carbocycles. The second kappa shape index (κ2) is 4.14. The number of fused-ring (bicyclic) bond motifs is 1. The number of hydrogen-bond acceptors (Lipinski definition) is 3. The summed E-state index contributed by atoms with van der Waals surface area (Å²) >= 11 is 0. The highest BCUT2D eigenvalue weighted by Gasteiger charge is 2.08.